The van der Waals surface area contributed by atoms with Crippen LogP contribution in [0.4, 0.5) is 16.4 Å². The predicted molar refractivity (Wildman–Crippen MR) is 73.8 cm³/mol. The quantitative estimate of drug-likeness (QED) is 0.789. The standard InChI is InChI=1S/C13H11N5O3/c19-12-11(16-9-5-1-3-7-14-9)18(17-13(20)21-12)10-6-2-4-8-15-10/h1-8,19H,(H,14,16)(H,17,20). The van der Waals surface area contributed by atoms with Gasteiger partial charge in [0, 0.05) is 12.4 Å². The third-order valence-electron chi connectivity index (χ3n) is 2.61. The van der Waals surface area contributed by atoms with Crippen molar-refractivity contribution < 1.29 is 14.6 Å². The molecule has 0 aromatic carbocycles. The highest BCUT2D eigenvalue weighted by molar-refractivity contribution is 5.74. The zero-order valence-electron chi connectivity index (χ0n) is 10.7. The molecule has 0 unspecified atom stereocenters. The van der Waals surface area contributed by atoms with Crippen molar-refractivity contribution in [2.75, 3.05) is 10.3 Å². The molecule has 0 saturated heterocycles. The second-order valence-corrected chi connectivity index (χ2v) is 4.02. The molecule has 0 spiro atoms. The van der Waals surface area contributed by atoms with E-state index >= 15 is 0 Å². The molecular formula is C13H11N5O3. The molecule has 2 aromatic rings. The van der Waals surface area contributed by atoms with Crippen LogP contribution in [0.2, 0.25) is 0 Å². The summed E-state index contributed by atoms with van der Waals surface area (Å²) in [6, 6.07) is 10.4. The first kappa shape index (κ1) is 12.7. The van der Waals surface area contributed by atoms with Crippen molar-refractivity contribution in [3.05, 3.63) is 60.6 Å². The Bertz CT molecular complexity index is 675. The number of cyclic esters (lactones) is 1. The largest absolute Gasteiger partial charge is 0.478 e. The zero-order chi connectivity index (χ0) is 14.7. The van der Waals surface area contributed by atoms with Crippen LogP contribution in [0.25, 0.3) is 0 Å². The molecule has 8 nitrogen and oxygen atoms in total. The van der Waals surface area contributed by atoms with Gasteiger partial charge >= 0.3 is 12.0 Å². The number of aromatic nitrogens is 2. The summed E-state index contributed by atoms with van der Waals surface area (Å²) in [6.45, 7) is 0. The lowest BCUT2D eigenvalue weighted by Gasteiger charge is -2.29. The summed E-state index contributed by atoms with van der Waals surface area (Å²) >= 11 is 0. The number of carbonyl (C=O) groups is 1. The molecule has 1 aliphatic heterocycles. The first-order valence-corrected chi connectivity index (χ1v) is 6.05. The van der Waals surface area contributed by atoms with E-state index in [2.05, 4.69) is 25.4 Å². The molecule has 21 heavy (non-hydrogen) atoms. The normalized spacial score (nSPS) is 14.5. The van der Waals surface area contributed by atoms with Gasteiger partial charge in [0.25, 0.3) is 0 Å². The van der Waals surface area contributed by atoms with Crippen molar-refractivity contribution >= 4 is 17.7 Å². The Hall–Kier alpha value is -3.29. The molecule has 3 rings (SSSR count). The summed E-state index contributed by atoms with van der Waals surface area (Å²) < 4.78 is 4.65. The minimum atomic E-state index is -0.815. The van der Waals surface area contributed by atoms with E-state index in [4.69, 9.17) is 0 Å². The van der Waals surface area contributed by atoms with Gasteiger partial charge in [0.2, 0.25) is 5.82 Å². The van der Waals surface area contributed by atoms with Crippen LogP contribution in [0, 0.1) is 0 Å². The van der Waals surface area contributed by atoms with Gasteiger partial charge in [0.15, 0.2) is 5.82 Å². The number of rotatable bonds is 3. The summed E-state index contributed by atoms with van der Waals surface area (Å²) in [7, 11) is 0. The van der Waals surface area contributed by atoms with Crippen LogP contribution >= 0.6 is 0 Å². The van der Waals surface area contributed by atoms with Crippen molar-refractivity contribution in [2.24, 2.45) is 0 Å². The maximum atomic E-state index is 11.4. The summed E-state index contributed by atoms with van der Waals surface area (Å²) in [6.07, 6.45) is 2.34. The average Bonchev–Trinajstić information content (AvgIpc) is 2.51. The third kappa shape index (κ3) is 2.68. The number of amides is 1. The van der Waals surface area contributed by atoms with Crippen molar-refractivity contribution in [3.8, 4) is 0 Å². The lowest BCUT2D eigenvalue weighted by molar-refractivity contribution is 0.107. The number of hydrazine groups is 1. The van der Waals surface area contributed by atoms with Gasteiger partial charge in [-0.3, -0.25) is 0 Å². The lowest BCUT2D eigenvalue weighted by Crippen LogP contribution is -2.48. The predicted octanol–water partition coefficient (Wildman–Crippen LogP) is 1.73. The van der Waals surface area contributed by atoms with Crippen LogP contribution < -0.4 is 15.8 Å². The number of hydrogen-bond acceptors (Lipinski definition) is 7. The van der Waals surface area contributed by atoms with Crippen LogP contribution in [0.5, 0.6) is 0 Å². The molecule has 106 valence electrons. The summed E-state index contributed by atoms with van der Waals surface area (Å²) in [4.78, 5) is 19.6. The van der Waals surface area contributed by atoms with E-state index in [0.717, 1.165) is 0 Å². The Labute approximate surface area is 119 Å². The SMILES string of the molecule is O=C1NN(c2ccccn2)C(Nc2ccccn2)=C(O)O1. The number of aliphatic hydroxyl groups is 1. The zero-order valence-corrected chi connectivity index (χ0v) is 10.7. The van der Waals surface area contributed by atoms with Gasteiger partial charge in [-0.15, -0.1) is 0 Å². The second kappa shape index (κ2) is 5.37. The number of nitrogens with zero attached hydrogens (tertiary/aromatic N) is 3. The number of hydrogen-bond donors (Lipinski definition) is 3. The Balaban J connectivity index is 1.96. The minimum Gasteiger partial charge on any atom is -0.478 e. The van der Waals surface area contributed by atoms with Gasteiger partial charge in [-0.1, -0.05) is 12.1 Å². The molecule has 0 bridgehead atoms. The van der Waals surface area contributed by atoms with Gasteiger partial charge in [-0.25, -0.2) is 25.2 Å². The van der Waals surface area contributed by atoms with E-state index in [-0.39, 0.29) is 5.82 Å². The van der Waals surface area contributed by atoms with E-state index in [9.17, 15) is 9.90 Å². The van der Waals surface area contributed by atoms with Crippen LogP contribution in [-0.4, -0.2) is 21.2 Å². The van der Waals surface area contributed by atoms with Crippen molar-refractivity contribution in [1.82, 2.24) is 15.4 Å². The topological polar surface area (TPSA) is 99.6 Å². The Morgan fingerprint density at radius 1 is 1.14 bits per heavy atom. The van der Waals surface area contributed by atoms with E-state index in [1.807, 2.05) is 0 Å². The van der Waals surface area contributed by atoms with E-state index in [1.165, 1.54) is 5.01 Å². The Morgan fingerprint density at radius 2 is 1.90 bits per heavy atom. The van der Waals surface area contributed by atoms with Gasteiger partial charge in [-0.05, 0) is 24.3 Å². The number of pyridine rings is 2. The highest BCUT2D eigenvalue weighted by Crippen LogP contribution is 2.21. The van der Waals surface area contributed by atoms with Crippen molar-refractivity contribution in [1.29, 1.82) is 0 Å². The molecule has 3 heterocycles. The molecule has 0 fully saturated rings. The molecule has 0 atom stereocenters. The third-order valence-corrected chi connectivity index (χ3v) is 2.61. The van der Waals surface area contributed by atoms with Crippen LogP contribution in [0.3, 0.4) is 0 Å². The molecular weight excluding hydrogens is 274 g/mol. The molecule has 0 saturated carbocycles. The van der Waals surface area contributed by atoms with Gasteiger partial charge < -0.3 is 15.2 Å². The highest BCUT2D eigenvalue weighted by Gasteiger charge is 2.29. The first-order valence-electron chi connectivity index (χ1n) is 6.05. The summed E-state index contributed by atoms with van der Waals surface area (Å²) in [5, 5.41) is 14.0. The summed E-state index contributed by atoms with van der Waals surface area (Å²) in [5.74, 6) is 0.404. The smallest absolute Gasteiger partial charge is 0.434 e. The number of carbonyl (C=O) groups excluding carboxylic acids is 1. The van der Waals surface area contributed by atoms with Gasteiger partial charge in [-0.2, -0.15) is 0 Å². The lowest BCUT2D eigenvalue weighted by atomic mass is 10.4. The number of nitrogens with one attached hydrogen (secondary N) is 2. The fraction of sp³-hybridized carbons (Fsp3) is 0. The summed E-state index contributed by atoms with van der Waals surface area (Å²) in [5.41, 5.74) is 2.43. The van der Waals surface area contributed by atoms with Gasteiger partial charge in [0.1, 0.15) is 5.82 Å². The monoisotopic (exact) mass is 285 g/mol. The number of ether oxygens (including phenoxy) is 1. The molecule has 1 aliphatic rings. The van der Waals surface area contributed by atoms with Crippen LogP contribution in [-0.2, 0) is 4.74 Å². The van der Waals surface area contributed by atoms with E-state index in [0.29, 0.717) is 11.6 Å². The molecule has 0 aliphatic carbocycles. The minimum absolute atomic E-state index is 0.104. The first-order chi connectivity index (χ1) is 10.2. The molecule has 1 amide bonds. The Kier molecular flexibility index (Phi) is 3.26. The fourth-order valence-corrected chi connectivity index (χ4v) is 1.73. The number of anilines is 2. The molecule has 3 N–H and O–H groups in total. The van der Waals surface area contributed by atoms with Crippen molar-refractivity contribution in [2.45, 2.75) is 0 Å². The molecule has 0 radical (unpaired) electrons. The molecule has 2 aromatic heterocycles. The molecule has 8 heteroatoms. The van der Waals surface area contributed by atoms with Crippen LogP contribution in [0.15, 0.2) is 60.6 Å². The maximum Gasteiger partial charge on any atom is 0.434 e. The van der Waals surface area contributed by atoms with Gasteiger partial charge in [0.05, 0.1) is 0 Å². The van der Waals surface area contributed by atoms with E-state index in [1.54, 1.807) is 48.8 Å². The second-order valence-electron chi connectivity index (χ2n) is 4.02. The maximum absolute atomic E-state index is 11.4. The number of aliphatic hydroxyl groups excluding tert-OH is 1. The highest BCUT2D eigenvalue weighted by atomic mass is 16.6. The Morgan fingerprint density at radius 3 is 2.57 bits per heavy atom. The fourth-order valence-electron chi connectivity index (χ4n) is 1.73. The van der Waals surface area contributed by atoms with Crippen LogP contribution in [0.1, 0.15) is 0 Å². The van der Waals surface area contributed by atoms with Crippen molar-refractivity contribution in [3.63, 3.8) is 0 Å². The average molecular weight is 285 g/mol. The van der Waals surface area contributed by atoms with E-state index < -0.39 is 12.0 Å².